The smallest absolute Gasteiger partial charge is 0.336 e. The van der Waals surface area contributed by atoms with E-state index in [1.165, 1.54) is 17.4 Å². The van der Waals surface area contributed by atoms with E-state index in [-0.39, 0.29) is 10.6 Å². The van der Waals surface area contributed by atoms with Gasteiger partial charge in [-0.1, -0.05) is 40.9 Å². The second kappa shape index (κ2) is 5.46. The van der Waals surface area contributed by atoms with Crippen molar-refractivity contribution >= 4 is 63.0 Å². The highest BCUT2D eigenvalue weighted by atomic mass is 35.5. The molecule has 2 heterocycles. The van der Waals surface area contributed by atoms with Crippen LogP contribution in [0.25, 0.3) is 21.5 Å². The highest BCUT2D eigenvalue weighted by molar-refractivity contribution is 7.19. The van der Waals surface area contributed by atoms with Gasteiger partial charge in [-0.05, 0) is 24.3 Å². The Kier molecular flexibility index (Phi) is 3.80. The van der Waals surface area contributed by atoms with E-state index in [1.54, 1.807) is 24.3 Å². The lowest BCUT2D eigenvalue weighted by molar-refractivity contribution is 0.0699. The van der Waals surface area contributed by atoms with Crippen LogP contribution in [0.1, 0.15) is 10.4 Å². The summed E-state index contributed by atoms with van der Waals surface area (Å²) in [6, 6.07) is 8.18. The van der Waals surface area contributed by atoms with Crippen LogP contribution in [-0.4, -0.2) is 16.1 Å². The standard InChI is InChI=1S/C14H6Cl3NO2S/c15-8-2-1-6-7(14(19)20)5-9(18-13(6)12(8)17)10-3-4-11(16)21-10/h1-5H,(H,19,20). The van der Waals surface area contributed by atoms with Gasteiger partial charge in [0.1, 0.15) is 0 Å². The number of carboxylic acids is 1. The number of halogens is 3. The first kappa shape index (κ1) is 14.6. The van der Waals surface area contributed by atoms with Crippen LogP contribution >= 0.6 is 46.1 Å². The van der Waals surface area contributed by atoms with Crippen molar-refractivity contribution < 1.29 is 9.90 Å². The lowest BCUT2D eigenvalue weighted by Gasteiger charge is -2.08. The molecule has 0 aliphatic heterocycles. The fourth-order valence-corrected chi connectivity index (χ4v) is 3.35. The topological polar surface area (TPSA) is 50.2 Å². The molecule has 3 aromatic rings. The summed E-state index contributed by atoms with van der Waals surface area (Å²) < 4.78 is 0.598. The van der Waals surface area contributed by atoms with Crippen LogP contribution in [0.2, 0.25) is 14.4 Å². The summed E-state index contributed by atoms with van der Waals surface area (Å²) in [7, 11) is 0. The second-order valence-corrected chi connectivity index (χ2v) is 6.72. The molecule has 0 bridgehead atoms. The van der Waals surface area contributed by atoms with Crippen molar-refractivity contribution in [2.75, 3.05) is 0 Å². The van der Waals surface area contributed by atoms with E-state index in [9.17, 15) is 9.90 Å². The summed E-state index contributed by atoms with van der Waals surface area (Å²) in [5, 5.41) is 10.4. The Bertz CT molecular complexity index is 876. The number of aromatic carboxylic acids is 1. The maximum atomic E-state index is 11.5. The molecule has 0 fully saturated rings. The van der Waals surface area contributed by atoms with E-state index in [4.69, 9.17) is 34.8 Å². The number of nitrogens with zero attached hydrogens (tertiary/aromatic N) is 1. The van der Waals surface area contributed by atoms with E-state index in [1.807, 2.05) is 0 Å². The van der Waals surface area contributed by atoms with E-state index in [2.05, 4.69) is 4.98 Å². The zero-order valence-corrected chi connectivity index (χ0v) is 13.3. The maximum absolute atomic E-state index is 11.5. The Morgan fingerprint density at radius 2 is 1.90 bits per heavy atom. The van der Waals surface area contributed by atoms with Crippen molar-refractivity contribution in [2.45, 2.75) is 0 Å². The molecular weight excluding hydrogens is 353 g/mol. The normalized spacial score (nSPS) is 11.0. The molecule has 21 heavy (non-hydrogen) atoms. The molecule has 0 amide bonds. The molecule has 0 radical (unpaired) electrons. The first-order chi connectivity index (χ1) is 9.97. The Hall–Kier alpha value is -1.33. The largest absolute Gasteiger partial charge is 0.478 e. The first-order valence-corrected chi connectivity index (χ1v) is 7.70. The van der Waals surface area contributed by atoms with Gasteiger partial charge in [0.15, 0.2) is 0 Å². The van der Waals surface area contributed by atoms with Gasteiger partial charge >= 0.3 is 5.97 Å². The van der Waals surface area contributed by atoms with Gasteiger partial charge in [0, 0.05) is 5.39 Å². The van der Waals surface area contributed by atoms with Crippen molar-refractivity contribution in [3.63, 3.8) is 0 Å². The molecule has 0 unspecified atom stereocenters. The van der Waals surface area contributed by atoms with Crippen LogP contribution in [0.5, 0.6) is 0 Å². The van der Waals surface area contributed by atoms with Gasteiger partial charge in [-0.2, -0.15) is 0 Å². The molecule has 0 aliphatic rings. The van der Waals surface area contributed by atoms with Crippen LogP contribution in [0, 0.1) is 0 Å². The van der Waals surface area contributed by atoms with Crippen molar-refractivity contribution in [2.24, 2.45) is 0 Å². The number of carbonyl (C=O) groups is 1. The molecule has 0 atom stereocenters. The van der Waals surface area contributed by atoms with Crippen molar-refractivity contribution in [1.82, 2.24) is 4.98 Å². The molecular formula is C14H6Cl3NO2S. The third kappa shape index (κ3) is 2.60. The molecule has 0 saturated carbocycles. The minimum Gasteiger partial charge on any atom is -0.478 e. The van der Waals surface area contributed by atoms with Crippen LogP contribution in [0.4, 0.5) is 0 Å². The van der Waals surface area contributed by atoms with Crippen molar-refractivity contribution in [1.29, 1.82) is 0 Å². The molecule has 0 saturated heterocycles. The van der Waals surface area contributed by atoms with Gasteiger partial charge in [-0.3, -0.25) is 0 Å². The number of thiophene rings is 1. The fraction of sp³-hybridized carbons (Fsp3) is 0. The third-order valence-corrected chi connectivity index (χ3v) is 4.98. The lowest BCUT2D eigenvalue weighted by atomic mass is 10.1. The number of benzene rings is 1. The fourth-order valence-electron chi connectivity index (χ4n) is 1.99. The van der Waals surface area contributed by atoms with Gasteiger partial charge in [-0.25, -0.2) is 9.78 Å². The number of aromatic nitrogens is 1. The molecule has 106 valence electrons. The quantitative estimate of drug-likeness (QED) is 0.646. The predicted molar refractivity (Wildman–Crippen MR) is 87.0 cm³/mol. The highest BCUT2D eigenvalue weighted by Gasteiger charge is 2.17. The minimum atomic E-state index is -1.05. The monoisotopic (exact) mass is 357 g/mol. The van der Waals surface area contributed by atoms with E-state index in [0.717, 1.165) is 4.88 Å². The SMILES string of the molecule is O=C(O)c1cc(-c2ccc(Cl)s2)nc2c(Cl)c(Cl)ccc12. The zero-order chi connectivity index (χ0) is 15.1. The van der Waals surface area contributed by atoms with Gasteiger partial charge in [0.2, 0.25) is 0 Å². The lowest BCUT2D eigenvalue weighted by Crippen LogP contribution is -2.00. The van der Waals surface area contributed by atoms with Crippen LogP contribution in [0.3, 0.4) is 0 Å². The number of rotatable bonds is 2. The van der Waals surface area contributed by atoms with Gasteiger partial charge in [-0.15, -0.1) is 11.3 Å². The van der Waals surface area contributed by atoms with Gasteiger partial charge in [0.25, 0.3) is 0 Å². The molecule has 0 aliphatic carbocycles. The summed E-state index contributed by atoms with van der Waals surface area (Å²) in [5.41, 5.74) is 0.989. The van der Waals surface area contributed by atoms with Crippen LogP contribution in [-0.2, 0) is 0 Å². The molecule has 3 nitrogen and oxygen atoms in total. The van der Waals surface area contributed by atoms with Crippen LogP contribution in [0.15, 0.2) is 30.3 Å². The molecule has 1 aromatic carbocycles. The third-order valence-electron chi connectivity index (χ3n) is 2.93. The molecule has 1 N–H and O–H groups in total. The highest BCUT2D eigenvalue weighted by Crippen LogP contribution is 2.36. The number of carboxylic acid groups (broad SMARTS) is 1. The van der Waals surface area contributed by atoms with Crippen molar-refractivity contribution in [3.05, 3.63) is 50.3 Å². The summed E-state index contributed by atoms with van der Waals surface area (Å²) >= 11 is 19.4. The van der Waals surface area contributed by atoms with Gasteiger partial charge < -0.3 is 5.11 Å². The molecule has 3 rings (SSSR count). The molecule has 2 aromatic heterocycles. The number of fused-ring (bicyclic) bond motifs is 1. The van der Waals surface area contributed by atoms with Crippen molar-refractivity contribution in [3.8, 4) is 10.6 Å². The Balaban J connectivity index is 2.38. The predicted octanol–water partition coefficient (Wildman–Crippen LogP) is 5.62. The Morgan fingerprint density at radius 1 is 1.14 bits per heavy atom. The summed E-state index contributed by atoms with van der Waals surface area (Å²) in [6.07, 6.45) is 0. The van der Waals surface area contributed by atoms with E-state index in [0.29, 0.717) is 26.0 Å². The Labute approximate surface area is 138 Å². The zero-order valence-electron chi connectivity index (χ0n) is 10.2. The summed E-state index contributed by atoms with van der Waals surface area (Å²) in [6.45, 7) is 0. The summed E-state index contributed by atoms with van der Waals surface area (Å²) in [4.78, 5) is 16.7. The van der Waals surface area contributed by atoms with E-state index >= 15 is 0 Å². The number of hydrogen-bond donors (Lipinski definition) is 1. The first-order valence-electron chi connectivity index (χ1n) is 5.75. The number of hydrogen-bond acceptors (Lipinski definition) is 3. The van der Waals surface area contributed by atoms with E-state index < -0.39 is 5.97 Å². The number of pyridine rings is 1. The Morgan fingerprint density at radius 3 is 2.52 bits per heavy atom. The average Bonchev–Trinajstić information content (AvgIpc) is 2.88. The van der Waals surface area contributed by atoms with Crippen LogP contribution < -0.4 is 0 Å². The minimum absolute atomic E-state index is 0.123. The van der Waals surface area contributed by atoms with Gasteiger partial charge in [0.05, 0.1) is 36.0 Å². The molecule has 0 spiro atoms. The maximum Gasteiger partial charge on any atom is 0.336 e. The molecule has 7 heteroatoms. The second-order valence-electron chi connectivity index (χ2n) is 4.22. The summed E-state index contributed by atoms with van der Waals surface area (Å²) in [5.74, 6) is -1.05. The average molecular weight is 359 g/mol.